The molecule has 0 fully saturated rings. The molecule has 0 saturated carbocycles. The van der Waals surface area contributed by atoms with Gasteiger partial charge in [-0.25, -0.2) is 0 Å². The molecule has 0 aliphatic heterocycles. The molecule has 0 amide bonds. The first-order valence-corrected chi connectivity index (χ1v) is 11.4. The molecule has 33 heavy (non-hydrogen) atoms. The fourth-order valence-corrected chi connectivity index (χ4v) is 5.41. The zero-order chi connectivity index (χ0) is 22.3. The van der Waals surface area contributed by atoms with Crippen molar-refractivity contribution in [2.24, 2.45) is 0 Å². The lowest BCUT2D eigenvalue weighted by molar-refractivity contribution is 0.851. The van der Waals surface area contributed by atoms with Gasteiger partial charge >= 0.3 is 0 Å². The maximum absolute atomic E-state index is 4.39. The third-order valence-corrected chi connectivity index (χ3v) is 6.88. The molecule has 0 N–H and O–H groups in total. The number of benzene rings is 5. The third-order valence-electron chi connectivity index (χ3n) is 6.88. The van der Waals surface area contributed by atoms with E-state index >= 15 is 0 Å². The van der Waals surface area contributed by atoms with E-state index in [0.717, 1.165) is 5.22 Å². The van der Waals surface area contributed by atoms with Crippen LogP contribution >= 0.6 is 0 Å². The predicted molar refractivity (Wildman–Crippen MR) is 142 cm³/mol. The maximum Gasteiger partial charge on any atom is 0.0653 e. The first-order chi connectivity index (χ1) is 16.3. The van der Waals surface area contributed by atoms with Crippen molar-refractivity contribution >= 4 is 33.7 Å². The van der Waals surface area contributed by atoms with Crippen LogP contribution in [0.3, 0.4) is 0 Å². The lowest BCUT2D eigenvalue weighted by Crippen LogP contribution is -2.37. The Morgan fingerprint density at radius 1 is 0.515 bits per heavy atom. The van der Waals surface area contributed by atoms with Gasteiger partial charge in [-0.1, -0.05) is 140 Å². The second-order valence-electron chi connectivity index (χ2n) is 8.65. The van der Waals surface area contributed by atoms with E-state index in [1.54, 1.807) is 0 Å². The number of hydrogen-bond donors (Lipinski definition) is 0. The van der Waals surface area contributed by atoms with Gasteiger partial charge in [0.15, 0.2) is 0 Å². The van der Waals surface area contributed by atoms with Gasteiger partial charge in [0.25, 0.3) is 0 Å². The summed E-state index contributed by atoms with van der Waals surface area (Å²) in [7, 11) is 0. The molecule has 5 aromatic carbocycles. The largest absolute Gasteiger partial charge is 0.0911 e. The highest BCUT2D eigenvalue weighted by Gasteiger charge is 2.38. The maximum atomic E-state index is 4.39. The molecule has 0 spiro atoms. The Labute approximate surface area is 194 Å². The van der Waals surface area contributed by atoms with Gasteiger partial charge in [0, 0.05) is 0 Å². The molecule has 0 radical (unpaired) electrons. The lowest BCUT2D eigenvalue weighted by atomic mass is 9.64. The molecule has 0 atom stereocenters. The summed E-state index contributed by atoms with van der Waals surface area (Å²) >= 11 is 0. The SMILES string of the molecule is C=c1ccccc1=C1C=CC=CC1(c1cccc2ccccc12)c1cccc2ccccc12. The zero-order valence-electron chi connectivity index (χ0n) is 18.4. The first kappa shape index (κ1) is 19.5. The van der Waals surface area contributed by atoms with Crippen molar-refractivity contribution in [1.29, 1.82) is 0 Å². The van der Waals surface area contributed by atoms with Crippen LogP contribution in [0.15, 0.2) is 133 Å². The topological polar surface area (TPSA) is 0 Å². The second kappa shape index (κ2) is 7.76. The highest BCUT2D eigenvalue weighted by Crippen LogP contribution is 2.48. The predicted octanol–water partition coefficient (Wildman–Crippen LogP) is 6.67. The number of allylic oxidation sites excluding steroid dienone is 4. The summed E-state index contributed by atoms with van der Waals surface area (Å²) in [5.74, 6) is 0. The fourth-order valence-electron chi connectivity index (χ4n) is 5.41. The highest BCUT2D eigenvalue weighted by molar-refractivity contribution is 5.97. The normalized spacial score (nSPS) is 16.4. The van der Waals surface area contributed by atoms with Crippen molar-refractivity contribution in [2.75, 3.05) is 0 Å². The molecule has 0 unspecified atom stereocenters. The van der Waals surface area contributed by atoms with Crippen LogP contribution in [0.1, 0.15) is 11.1 Å². The van der Waals surface area contributed by atoms with Crippen LogP contribution in [0.2, 0.25) is 0 Å². The van der Waals surface area contributed by atoms with Crippen LogP contribution in [0.5, 0.6) is 0 Å². The van der Waals surface area contributed by atoms with Crippen LogP contribution in [-0.2, 0) is 5.41 Å². The van der Waals surface area contributed by atoms with Gasteiger partial charge in [-0.05, 0) is 48.7 Å². The summed E-state index contributed by atoms with van der Waals surface area (Å²) in [4.78, 5) is 0. The molecule has 156 valence electrons. The molecule has 0 heteroatoms. The molecule has 0 nitrogen and oxygen atoms in total. The summed E-state index contributed by atoms with van der Waals surface area (Å²) in [6.45, 7) is 4.39. The van der Waals surface area contributed by atoms with Gasteiger partial charge in [0.05, 0.1) is 5.41 Å². The van der Waals surface area contributed by atoms with Crippen LogP contribution in [0.25, 0.3) is 33.7 Å². The van der Waals surface area contributed by atoms with Gasteiger partial charge in [-0.15, -0.1) is 0 Å². The minimum Gasteiger partial charge on any atom is -0.0911 e. The van der Waals surface area contributed by atoms with Gasteiger partial charge in [-0.3, -0.25) is 0 Å². The molecule has 1 aliphatic rings. The monoisotopic (exact) mass is 420 g/mol. The summed E-state index contributed by atoms with van der Waals surface area (Å²) in [5, 5.41) is 7.26. The Balaban J connectivity index is 1.87. The van der Waals surface area contributed by atoms with E-state index in [0.29, 0.717) is 0 Å². The van der Waals surface area contributed by atoms with Gasteiger partial charge in [-0.2, -0.15) is 0 Å². The average Bonchev–Trinajstić information content (AvgIpc) is 2.88. The summed E-state index contributed by atoms with van der Waals surface area (Å²) in [5.41, 5.74) is 3.37. The summed E-state index contributed by atoms with van der Waals surface area (Å²) in [6, 6.07) is 39.2. The van der Waals surface area contributed by atoms with Crippen LogP contribution in [-0.4, -0.2) is 0 Å². The van der Waals surface area contributed by atoms with Gasteiger partial charge < -0.3 is 0 Å². The van der Waals surface area contributed by atoms with Crippen molar-refractivity contribution < 1.29 is 0 Å². The van der Waals surface area contributed by atoms with E-state index in [-0.39, 0.29) is 0 Å². The van der Waals surface area contributed by atoms with Crippen molar-refractivity contribution in [1.82, 2.24) is 0 Å². The summed E-state index contributed by atoms with van der Waals surface area (Å²) < 4.78 is 0. The molecule has 0 heterocycles. The molecule has 5 aromatic rings. The Morgan fingerprint density at radius 3 is 1.70 bits per heavy atom. The molecule has 1 aliphatic carbocycles. The van der Waals surface area contributed by atoms with E-state index in [4.69, 9.17) is 0 Å². The molecule has 0 bridgehead atoms. The van der Waals surface area contributed by atoms with Crippen LogP contribution in [0, 0.1) is 0 Å². The van der Waals surface area contributed by atoms with Crippen LogP contribution in [0.4, 0.5) is 0 Å². The minimum atomic E-state index is -0.454. The number of fused-ring (bicyclic) bond motifs is 2. The molecule has 0 saturated heterocycles. The highest BCUT2D eigenvalue weighted by atomic mass is 14.4. The average molecular weight is 421 g/mol. The number of rotatable bonds is 2. The Morgan fingerprint density at radius 2 is 1.06 bits per heavy atom. The van der Waals surface area contributed by atoms with Crippen molar-refractivity contribution in [3.05, 3.63) is 155 Å². The molecule has 6 rings (SSSR count). The molecular weight excluding hydrogens is 396 g/mol. The van der Waals surface area contributed by atoms with E-state index < -0.39 is 5.41 Å². The van der Waals surface area contributed by atoms with Gasteiger partial charge in [0.2, 0.25) is 0 Å². The fraction of sp³-hybridized carbons (Fsp3) is 0.0303. The van der Waals surface area contributed by atoms with E-state index in [1.807, 2.05) is 0 Å². The van der Waals surface area contributed by atoms with Crippen LogP contribution < -0.4 is 10.4 Å². The smallest absolute Gasteiger partial charge is 0.0653 e. The standard InChI is InChI=1S/C33H24/c1-24-12-2-5-17-27(24)30-20-8-9-23-33(30,31-21-10-15-25-13-3-6-18-28(25)31)32-22-11-16-26-14-4-7-19-29(26)32/h2-23H,1H2. The van der Waals surface area contributed by atoms with Crippen molar-refractivity contribution in [3.63, 3.8) is 0 Å². The lowest BCUT2D eigenvalue weighted by Gasteiger charge is -2.37. The van der Waals surface area contributed by atoms with E-state index in [1.165, 1.54) is 43.5 Å². The quantitative estimate of drug-likeness (QED) is 0.299. The second-order valence-corrected chi connectivity index (χ2v) is 8.65. The Kier molecular flexibility index (Phi) is 4.59. The molecule has 0 aromatic heterocycles. The first-order valence-electron chi connectivity index (χ1n) is 11.4. The third kappa shape index (κ3) is 2.99. The minimum absolute atomic E-state index is 0.454. The van der Waals surface area contributed by atoms with Crippen molar-refractivity contribution in [3.8, 4) is 0 Å². The van der Waals surface area contributed by atoms with Crippen molar-refractivity contribution in [2.45, 2.75) is 5.41 Å². The summed E-state index contributed by atoms with van der Waals surface area (Å²) in [6.07, 6.45) is 8.99. The Bertz CT molecular complexity index is 1590. The number of hydrogen-bond acceptors (Lipinski definition) is 0. The van der Waals surface area contributed by atoms with Gasteiger partial charge in [0.1, 0.15) is 0 Å². The molecular formula is C33H24. The van der Waals surface area contributed by atoms with E-state index in [2.05, 4.69) is 140 Å². The van der Waals surface area contributed by atoms with E-state index in [9.17, 15) is 0 Å². The Hall–Kier alpha value is -4.16. The zero-order valence-corrected chi connectivity index (χ0v) is 18.4.